The van der Waals surface area contributed by atoms with Crippen LogP contribution in [0.3, 0.4) is 0 Å². The molecule has 38 heavy (non-hydrogen) atoms. The van der Waals surface area contributed by atoms with E-state index in [0.29, 0.717) is 26.5 Å². The monoisotopic (exact) mass is 645 g/mol. The second-order valence-electron chi connectivity index (χ2n) is 7.72. The summed E-state index contributed by atoms with van der Waals surface area (Å²) in [6, 6.07) is 19.1. The topological polar surface area (TPSA) is 96.9 Å². The molecule has 0 aliphatic carbocycles. The fourth-order valence-corrected chi connectivity index (χ4v) is 7.31. The normalized spacial score (nSPS) is 11.0. The number of hydrogen-bond donors (Lipinski definition) is 2. The van der Waals surface area contributed by atoms with E-state index >= 15 is 0 Å². The molecule has 13 heteroatoms. The maximum absolute atomic E-state index is 13.0. The van der Waals surface area contributed by atoms with Gasteiger partial charge in [-0.25, -0.2) is 9.37 Å². The molecule has 0 aliphatic heterocycles. The Morgan fingerprint density at radius 3 is 2.55 bits per heavy atom. The van der Waals surface area contributed by atoms with Crippen molar-refractivity contribution in [2.75, 3.05) is 16.4 Å². The number of rotatable bonds is 9. The molecule has 0 bridgehead atoms. The maximum atomic E-state index is 13.0. The van der Waals surface area contributed by atoms with E-state index in [1.807, 2.05) is 30.3 Å². The van der Waals surface area contributed by atoms with Crippen LogP contribution in [0.5, 0.6) is 0 Å². The molecule has 0 spiro atoms. The lowest BCUT2D eigenvalue weighted by atomic mass is 10.2. The van der Waals surface area contributed by atoms with E-state index in [9.17, 15) is 14.0 Å². The first-order valence-electron chi connectivity index (χ1n) is 11.0. The van der Waals surface area contributed by atoms with Crippen LogP contribution >= 0.6 is 62.1 Å². The third-order valence-corrected chi connectivity index (χ3v) is 9.90. The minimum atomic E-state index is -0.269. The number of anilines is 2. The number of amides is 2. The number of thioether (sulfide) groups is 2. The molecule has 5 rings (SSSR count). The second kappa shape index (κ2) is 12.3. The minimum absolute atomic E-state index is 0.170. The highest BCUT2D eigenvalue weighted by atomic mass is 79.9. The van der Waals surface area contributed by atoms with Gasteiger partial charge in [-0.1, -0.05) is 59.1 Å². The number of aromatic nitrogens is 3. The summed E-state index contributed by atoms with van der Waals surface area (Å²) in [5, 5.41) is 14.2. The fourth-order valence-electron chi connectivity index (χ4n) is 3.21. The summed E-state index contributed by atoms with van der Waals surface area (Å²) in [6.45, 7) is 0. The van der Waals surface area contributed by atoms with Crippen molar-refractivity contribution in [3.8, 4) is 0 Å². The van der Waals surface area contributed by atoms with Crippen molar-refractivity contribution in [1.82, 2.24) is 15.2 Å². The highest BCUT2D eigenvalue weighted by molar-refractivity contribution is 9.10. The number of benzene rings is 3. The van der Waals surface area contributed by atoms with Crippen LogP contribution in [0.4, 0.5) is 15.2 Å². The Balaban J connectivity index is 1.13. The fraction of sp³-hybridized carbons (Fsp3) is 0.0800. The number of fused-ring (bicyclic) bond motifs is 1. The Hall–Kier alpha value is -2.84. The summed E-state index contributed by atoms with van der Waals surface area (Å²) in [5.74, 6) is 0.117. The van der Waals surface area contributed by atoms with Crippen molar-refractivity contribution in [3.05, 3.63) is 88.1 Å². The Morgan fingerprint density at radius 2 is 1.74 bits per heavy atom. The van der Waals surface area contributed by atoms with Gasteiger partial charge >= 0.3 is 0 Å². The summed E-state index contributed by atoms with van der Waals surface area (Å²) in [6.07, 6.45) is 0. The zero-order chi connectivity index (χ0) is 26.5. The largest absolute Gasteiger partial charge is 0.322 e. The minimum Gasteiger partial charge on any atom is -0.322 e. The van der Waals surface area contributed by atoms with E-state index in [2.05, 4.69) is 41.7 Å². The van der Waals surface area contributed by atoms with Crippen molar-refractivity contribution < 1.29 is 14.0 Å². The Labute approximate surface area is 241 Å². The Morgan fingerprint density at radius 1 is 0.921 bits per heavy atom. The van der Waals surface area contributed by atoms with Crippen LogP contribution in [0.15, 0.2) is 79.9 Å². The first-order valence-corrected chi connectivity index (χ1v) is 15.4. The third-order valence-electron chi connectivity index (χ3n) is 5.00. The molecular formula is C25H17BrFN5O2S4. The van der Waals surface area contributed by atoms with Crippen molar-refractivity contribution >= 4 is 95.0 Å². The molecule has 0 fully saturated rings. The molecule has 2 N–H and O–H groups in total. The number of carbonyl (C=O) groups is 2. The molecule has 2 amide bonds. The number of nitrogens with one attached hydrogen (secondary N) is 2. The van der Waals surface area contributed by atoms with Gasteiger partial charge < -0.3 is 5.32 Å². The Bertz CT molecular complexity index is 1610. The van der Waals surface area contributed by atoms with Gasteiger partial charge in [0, 0.05) is 15.9 Å². The molecule has 0 aliphatic rings. The van der Waals surface area contributed by atoms with Crippen LogP contribution in [0.2, 0.25) is 0 Å². The predicted molar refractivity (Wildman–Crippen MR) is 157 cm³/mol. The highest BCUT2D eigenvalue weighted by Crippen LogP contribution is 2.32. The van der Waals surface area contributed by atoms with E-state index in [1.54, 1.807) is 24.3 Å². The molecule has 0 saturated carbocycles. The molecule has 2 aromatic heterocycles. The van der Waals surface area contributed by atoms with Gasteiger partial charge in [-0.05, 0) is 64.0 Å². The van der Waals surface area contributed by atoms with E-state index in [-0.39, 0.29) is 23.4 Å². The van der Waals surface area contributed by atoms with Gasteiger partial charge in [0.15, 0.2) is 8.68 Å². The smallest absolute Gasteiger partial charge is 0.256 e. The number of hydrogen-bond acceptors (Lipinski definition) is 9. The van der Waals surface area contributed by atoms with Crippen LogP contribution in [0, 0.1) is 5.82 Å². The highest BCUT2D eigenvalue weighted by Gasteiger charge is 2.13. The summed E-state index contributed by atoms with van der Waals surface area (Å²) >= 11 is 8.95. The summed E-state index contributed by atoms with van der Waals surface area (Å²) < 4.78 is 16.1. The van der Waals surface area contributed by atoms with Crippen LogP contribution < -0.4 is 10.6 Å². The zero-order valence-corrected chi connectivity index (χ0v) is 24.2. The van der Waals surface area contributed by atoms with Crippen LogP contribution in [0.25, 0.3) is 10.2 Å². The first-order chi connectivity index (χ1) is 18.4. The molecule has 0 saturated heterocycles. The molecule has 5 aromatic rings. The van der Waals surface area contributed by atoms with E-state index in [0.717, 1.165) is 24.6 Å². The van der Waals surface area contributed by atoms with Crippen LogP contribution in [-0.2, 0) is 10.5 Å². The van der Waals surface area contributed by atoms with E-state index in [1.165, 1.54) is 58.3 Å². The van der Waals surface area contributed by atoms with Gasteiger partial charge in [-0.3, -0.25) is 14.9 Å². The van der Waals surface area contributed by atoms with E-state index < -0.39 is 0 Å². The maximum Gasteiger partial charge on any atom is 0.256 e. The van der Waals surface area contributed by atoms with Gasteiger partial charge in [-0.15, -0.1) is 21.5 Å². The van der Waals surface area contributed by atoms with Crippen molar-refractivity contribution in [2.45, 2.75) is 14.4 Å². The van der Waals surface area contributed by atoms with Crippen molar-refractivity contribution in [3.63, 3.8) is 0 Å². The average Bonchev–Trinajstić information content (AvgIpc) is 3.53. The van der Waals surface area contributed by atoms with Crippen LogP contribution in [-0.4, -0.2) is 32.7 Å². The standard InChI is InChI=1S/C25H17BrFN5O2S4/c26-18-4-2-1-3-17(18)22(34)28-16-9-10-19-20(11-16)37-24(29-19)36-13-21(33)30-23-31-32-25(38-23)35-12-14-5-7-15(27)8-6-14/h1-11H,12-13H2,(H,28,34)(H,30,31,33). The molecular weight excluding hydrogens is 629 g/mol. The van der Waals surface area contributed by atoms with Gasteiger partial charge in [0.2, 0.25) is 11.0 Å². The SMILES string of the molecule is O=C(CSc1nc2ccc(NC(=O)c3ccccc3Br)cc2s1)Nc1nnc(SCc2ccc(F)cc2)s1. The molecule has 192 valence electrons. The third kappa shape index (κ3) is 6.97. The molecule has 0 radical (unpaired) electrons. The number of thiazole rings is 1. The zero-order valence-electron chi connectivity index (χ0n) is 19.3. The lowest BCUT2D eigenvalue weighted by Crippen LogP contribution is -2.13. The molecule has 7 nitrogen and oxygen atoms in total. The number of halogens is 2. The van der Waals surface area contributed by atoms with Crippen molar-refractivity contribution in [1.29, 1.82) is 0 Å². The molecule has 0 atom stereocenters. The van der Waals surface area contributed by atoms with Crippen LogP contribution in [0.1, 0.15) is 15.9 Å². The lowest BCUT2D eigenvalue weighted by molar-refractivity contribution is -0.113. The molecule has 3 aromatic carbocycles. The second-order valence-corrected chi connectivity index (χ2v) is 13.0. The van der Waals surface area contributed by atoms with Gasteiger partial charge in [0.25, 0.3) is 5.91 Å². The quantitative estimate of drug-likeness (QED) is 0.128. The molecule has 0 unspecified atom stereocenters. The predicted octanol–water partition coefficient (Wildman–Crippen LogP) is 7.32. The van der Waals surface area contributed by atoms with Gasteiger partial charge in [0.05, 0.1) is 21.5 Å². The Kier molecular flexibility index (Phi) is 8.69. The van der Waals surface area contributed by atoms with Crippen molar-refractivity contribution in [2.24, 2.45) is 0 Å². The summed E-state index contributed by atoms with van der Waals surface area (Å²) in [7, 11) is 0. The average molecular weight is 647 g/mol. The number of carbonyl (C=O) groups excluding carboxylic acids is 2. The van der Waals surface area contributed by atoms with Gasteiger partial charge in [-0.2, -0.15) is 0 Å². The van der Waals surface area contributed by atoms with E-state index in [4.69, 9.17) is 0 Å². The lowest BCUT2D eigenvalue weighted by Gasteiger charge is -2.06. The summed E-state index contributed by atoms with van der Waals surface area (Å²) in [5.41, 5.74) is 2.99. The summed E-state index contributed by atoms with van der Waals surface area (Å²) in [4.78, 5) is 29.6. The molecule has 2 heterocycles. The number of nitrogens with zero attached hydrogens (tertiary/aromatic N) is 3. The first kappa shape index (κ1) is 26.8. The van der Waals surface area contributed by atoms with Gasteiger partial charge in [0.1, 0.15) is 5.82 Å².